The zero-order chi connectivity index (χ0) is 25.3. The van der Waals surface area contributed by atoms with Crippen molar-refractivity contribution in [3.63, 3.8) is 0 Å². The normalized spacial score (nSPS) is 12.1. The Morgan fingerprint density at radius 3 is 2.06 bits per heavy atom. The van der Waals surface area contributed by atoms with E-state index in [-0.39, 0.29) is 24.2 Å². The van der Waals surface area contributed by atoms with E-state index in [0.29, 0.717) is 5.56 Å². The zero-order valence-electron chi connectivity index (χ0n) is 17.6. The lowest BCUT2D eigenvalue weighted by atomic mass is 10.1. The number of rotatable bonds is 11. The highest BCUT2D eigenvalue weighted by Gasteiger charge is 2.25. The van der Waals surface area contributed by atoms with E-state index in [1.807, 2.05) is 5.32 Å². The summed E-state index contributed by atoms with van der Waals surface area (Å²) in [7, 11) is 0. The third kappa shape index (κ3) is 8.22. The minimum Gasteiger partial charge on any atom is -0.481 e. The maximum Gasteiger partial charge on any atom is 0.343 e. The molecule has 0 heterocycles. The molecule has 0 aliphatic heterocycles. The molecule has 0 saturated heterocycles. The van der Waals surface area contributed by atoms with Crippen LogP contribution in [0.4, 0.5) is 9.18 Å². The van der Waals surface area contributed by atoms with E-state index in [2.05, 4.69) is 5.32 Å². The van der Waals surface area contributed by atoms with E-state index in [1.165, 1.54) is 42.5 Å². The number of halogens is 1. The first-order valence-corrected chi connectivity index (χ1v) is 9.86. The van der Waals surface area contributed by atoms with Crippen LogP contribution in [0.5, 0.6) is 5.75 Å². The van der Waals surface area contributed by atoms with Crippen LogP contribution in [0.3, 0.4) is 0 Å². The number of esters is 1. The standard InChI is InChI=1S/C22H21FN2O9/c23-14-3-1-2-13(11-14)21(32)34-15-6-4-12(5-7-15)10-17(20(30)31)25-22(33)24-16(19(28)29)8-9-18(26)27/h1-7,11,16-17H,8-10H2,(H,26,27)(H,28,29)(H,30,31)(H2,24,25,33)/t16-,17-/m0/s1. The molecule has 0 saturated carbocycles. The summed E-state index contributed by atoms with van der Waals surface area (Å²) in [6, 6.07) is 6.57. The van der Waals surface area contributed by atoms with Crippen LogP contribution in [0, 0.1) is 5.82 Å². The van der Waals surface area contributed by atoms with Crippen molar-refractivity contribution in [1.29, 1.82) is 0 Å². The summed E-state index contributed by atoms with van der Waals surface area (Å²) in [4.78, 5) is 57.4. The second kappa shape index (κ2) is 11.9. The lowest BCUT2D eigenvalue weighted by Crippen LogP contribution is -2.51. The molecule has 2 aromatic carbocycles. The van der Waals surface area contributed by atoms with Crippen LogP contribution < -0.4 is 15.4 Å². The van der Waals surface area contributed by atoms with E-state index < -0.39 is 54.2 Å². The first-order valence-electron chi connectivity index (χ1n) is 9.86. The number of carboxylic acids is 3. The number of ether oxygens (including phenoxy) is 1. The fourth-order valence-corrected chi connectivity index (χ4v) is 2.79. The quantitative estimate of drug-likeness (QED) is 0.238. The number of amides is 2. The number of benzene rings is 2. The molecule has 2 atom stereocenters. The van der Waals surface area contributed by atoms with E-state index in [4.69, 9.17) is 14.9 Å². The summed E-state index contributed by atoms with van der Waals surface area (Å²) in [5.41, 5.74) is 0.451. The van der Waals surface area contributed by atoms with Gasteiger partial charge in [-0.3, -0.25) is 4.79 Å². The van der Waals surface area contributed by atoms with Gasteiger partial charge in [0.25, 0.3) is 0 Å². The summed E-state index contributed by atoms with van der Waals surface area (Å²) in [5.74, 6) is -5.37. The summed E-state index contributed by atoms with van der Waals surface area (Å²) < 4.78 is 18.4. The first kappa shape index (κ1) is 25.8. The van der Waals surface area contributed by atoms with Crippen molar-refractivity contribution < 1.29 is 48.4 Å². The highest BCUT2D eigenvalue weighted by molar-refractivity contribution is 5.91. The van der Waals surface area contributed by atoms with Gasteiger partial charge in [0, 0.05) is 12.8 Å². The Kier molecular flexibility index (Phi) is 9.06. The van der Waals surface area contributed by atoms with E-state index in [9.17, 15) is 33.5 Å². The van der Waals surface area contributed by atoms with Crippen molar-refractivity contribution in [2.24, 2.45) is 0 Å². The smallest absolute Gasteiger partial charge is 0.343 e. The molecule has 12 heteroatoms. The van der Waals surface area contributed by atoms with Crippen LogP contribution in [-0.4, -0.2) is 57.3 Å². The Morgan fingerprint density at radius 2 is 1.50 bits per heavy atom. The predicted molar refractivity (Wildman–Crippen MR) is 113 cm³/mol. The SMILES string of the molecule is O=C(O)CC[C@H](NC(=O)N[C@@H](Cc1ccc(OC(=O)c2cccc(F)c2)cc1)C(=O)O)C(=O)O. The highest BCUT2D eigenvalue weighted by atomic mass is 19.1. The second-order valence-electron chi connectivity index (χ2n) is 7.08. The van der Waals surface area contributed by atoms with Crippen molar-refractivity contribution in [1.82, 2.24) is 10.6 Å². The monoisotopic (exact) mass is 476 g/mol. The molecule has 0 aromatic heterocycles. The number of aliphatic carboxylic acids is 3. The number of carboxylic acid groups (broad SMARTS) is 3. The molecule has 0 radical (unpaired) electrons. The summed E-state index contributed by atoms with van der Waals surface area (Å²) in [5, 5.41) is 31.3. The van der Waals surface area contributed by atoms with Gasteiger partial charge < -0.3 is 30.7 Å². The van der Waals surface area contributed by atoms with Gasteiger partial charge in [-0.2, -0.15) is 0 Å². The Bertz CT molecular complexity index is 1070. The van der Waals surface area contributed by atoms with Crippen LogP contribution in [0.2, 0.25) is 0 Å². The van der Waals surface area contributed by atoms with Crippen molar-refractivity contribution in [3.8, 4) is 5.75 Å². The topological polar surface area (TPSA) is 179 Å². The lowest BCUT2D eigenvalue weighted by molar-refractivity contribution is -0.140. The predicted octanol–water partition coefficient (Wildman–Crippen LogP) is 1.66. The van der Waals surface area contributed by atoms with Crippen molar-refractivity contribution in [2.45, 2.75) is 31.3 Å². The highest BCUT2D eigenvalue weighted by Crippen LogP contribution is 2.16. The van der Waals surface area contributed by atoms with Gasteiger partial charge in [-0.05, 0) is 42.3 Å². The number of carbonyl (C=O) groups is 5. The fourth-order valence-electron chi connectivity index (χ4n) is 2.79. The Labute approximate surface area is 192 Å². The molecule has 180 valence electrons. The largest absolute Gasteiger partial charge is 0.481 e. The van der Waals surface area contributed by atoms with Crippen molar-refractivity contribution in [2.75, 3.05) is 0 Å². The Morgan fingerprint density at radius 1 is 0.882 bits per heavy atom. The van der Waals surface area contributed by atoms with E-state index >= 15 is 0 Å². The van der Waals surface area contributed by atoms with Gasteiger partial charge in [-0.25, -0.2) is 23.6 Å². The summed E-state index contributed by atoms with van der Waals surface area (Å²) in [6.07, 6.45) is -1.07. The maximum absolute atomic E-state index is 13.2. The van der Waals surface area contributed by atoms with Gasteiger partial charge in [0.15, 0.2) is 0 Å². The molecule has 2 amide bonds. The molecule has 0 spiro atoms. The first-order chi connectivity index (χ1) is 16.0. The van der Waals surface area contributed by atoms with Crippen LogP contribution in [-0.2, 0) is 20.8 Å². The Balaban J connectivity index is 1.97. The summed E-state index contributed by atoms with van der Waals surface area (Å²) >= 11 is 0. The molecule has 0 fully saturated rings. The number of hydrogen-bond donors (Lipinski definition) is 5. The van der Waals surface area contributed by atoms with E-state index in [0.717, 1.165) is 6.07 Å². The van der Waals surface area contributed by atoms with E-state index in [1.54, 1.807) is 0 Å². The van der Waals surface area contributed by atoms with Gasteiger partial charge in [-0.1, -0.05) is 18.2 Å². The molecule has 0 unspecified atom stereocenters. The molecule has 0 aliphatic carbocycles. The van der Waals surface area contributed by atoms with Crippen LogP contribution >= 0.6 is 0 Å². The molecule has 11 nitrogen and oxygen atoms in total. The van der Waals surface area contributed by atoms with Crippen LogP contribution in [0.25, 0.3) is 0 Å². The van der Waals surface area contributed by atoms with Gasteiger partial charge in [0.2, 0.25) is 0 Å². The number of hydrogen-bond acceptors (Lipinski definition) is 6. The Hall–Kier alpha value is -4.48. The molecule has 0 aliphatic rings. The van der Waals surface area contributed by atoms with Gasteiger partial charge in [-0.15, -0.1) is 0 Å². The molecule has 5 N–H and O–H groups in total. The van der Waals surface area contributed by atoms with Gasteiger partial charge in [0.1, 0.15) is 23.7 Å². The summed E-state index contributed by atoms with van der Waals surface area (Å²) in [6.45, 7) is 0. The minimum absolute atomic E-state index is 0.00764. The number of nitrogens with one attached hydrogen (secondary N) is 2. The zero-order valence-corrected chi connectivity index (χ0v) is 17.6. The average molecular weight is 476 g/mol. The van der Waals surface area contributed by atoms with Gasteiger partial charge in [0.05, 0.1) is 5.56 Å². The van der Waals surface area contributed by atoms with Gasteiger partial charge >= 0.3 is 29.9 Å². The van der Waals surface area contributed by atoms with Crippen LogP contribution in [0.15, 0.2) is 48.5 Å². The van der Waals surface area contributed by atoms with Crippen molar-refractivity contribution in [3.05, 3.63) is 65.5 Å². The third-order valence-corrected chi connectivity index (χ3v) is 4.49. The maximum atomic E-state index is 13.2. The fraction of sp³-hybridized carbons (Fsp3) is 0.227. The molecule has 2 rings (SSSR count). The van der Waals surface area contributed by atoms with Crippen LogP contribution in [0.1, 0.15) is 28.8 Å². The minimum atomic E-state index is -1.52. The number of urea groups is 1. The molecule has 2 aromatic rings. The molecular weight excluding hydrogens is 455 g/mol. The second-order valence-corrected chi connectivity index (χ2v) is 7.08. The molecule has 0 bridgehead atoms. The van der Waals surface area contributed by atoms with Crippen molar-refractivity contribution >= 4 is 29.9 Å². The molecular formula is C22H21FN2O9. The molecule has 34 heavy (non-hydrogen) atoms. The number of carbonyl (C=O) groups excluding carboxylic acids is 2. The average Bonchev–Trinajstić information content (AvgIpc) is 2.77. The lowest BCUT2D eigenvalue weighted by Gasteiger charge is -2.18. The third-order valence-electron chi connectivity index (χ3n) is 4.49.